The van der Waals surface area contributed by atoms with Crippen molar-refractivity contribution in [1.82, 2.24) is 4.31 Å². The van der Waals surface area contributed by atoms with Crippen LogP contribution in [-0.2, 0) is 15.2 Å². The Balaban J connectivity index is 2.33. The van der Waals surface area contributed by atoms with Crippen LogP contribution in [0.1, 0.15) is 45.2 Å². The Labute approximate surface area is 115 Å². The molecule has 1 fully saturated rings. The highest BCUT2D eigenvalue weighted by Crippen LogP contribution is 2.37. The lowest BCUT2D eigenvalue weighted by molar-refractivity contribution is 0.392. The molecule has 5 heteroatoms. The van der Waals surface area contributed by atoms with E-state index in [-0.39, 0.29) is 10.8 Å². The summed E-state index contributed by atoms with van der Waals surface area (Å²) in [6, 6.07) is 3.20. The minimum Gasteiger partial charge on any atom is -0.207 e. The molecule has 1 unspecified atom stereocenters. The summed E-state index contributed by atoms with van der Waals surface area (Å²) < 4.78 is 41.1. The zero-order chi connectivity index (χ0) is 14.2. The number of benzene rings is 1. The maximum atomic E-state index is 13.9. The predicted molar refractivity (Wildman–Crippen MR) is 74.2 cm³/mol. The lowest BCUT2D eigenvalue weighted by Gasteiger charge is -2.24. The van der Waals surface area contributed by atoms with Crippen molar-refractivity contribution in [1.29, 1.82) is 0 Å². The highest BCUT2D eigenvalue weighted by molar-refractivity contribution is 7.84. The van der Waals surface area contributed by atoms with Crippen molar-refractivity contribution in [3.63, 3.8) is 0 Å². The van der Waals surface area contributed by atoms with E-state index in [2.05, 4.69) is 0 Å². The summed E-state index contributed by atoms with van der Waals surface area (Å²) >= 11 is 0. The van der Waals surface area contributed by atoms with E-state index in [0.717, 1.165) is 25.0 Å². The molecular weight excluding hydrogens is 268 g/mol. The van der Waals surface area contributed by atoms with Crippen LogP contribution in [0.5, 0.6) is 0 Å². The molecule has 0 saturated carbocycles. The Hall–Kier alpha value is -0.810. The number of rotatable bonds is 2. The largest absolute Gasteiger partial charge is 0.207 e. The standard InChI is InChI=1S/C14H19F2NOS/c1-14(2,3)19(18)17-8-4-5-13(17)11-9-10(15)6-7-12(11)16/h6-7,9,13H,4-5,8H2,1-3H3/p+1/t13-,19?/m1/s1. The van der Waals surface area contributed by atoms with Gasteiger partial charge in [0, 0.05) is 12.1 Å². The van der Waals surface area contributed by atoms with Gasteiger partial charge in [0.15, 0.2) is 0 Å². The molecule has 0 radical (unpaired) electrons. The fraction of sp³-hybridized carbons (Fsp3) is 0.571. The second-order valence-corrected chi connectivity index (χ2v) is 8.33. The molecule has 2 atom stereocenters. The molecule has 0 aliphatic carbocycles. The Morgan fingerprint density at radius 2 is 2.00 bits per heavy atom. The molecule has 1 aromatic rings. The quantitative estimate of drug-likeness (QED) is 0.602. The molecule has 106 valence electrons. The highest BCUT2D eigenvalue weighted by atomic mass is 32.2. The van der Waals surface area contributed by atoms with Gasteiger partial charge in [0.25, 0.3) is 0 Å². The first-order chi connectivity index (χ1) is 8.80. The summed E-state index contributed by atoms with van der Waals surface area (Å²) in [5, 5.41) is 0. The van der Waals surface area contributed by atoms with Crippen molar-refractivity contribution >= 4 is 11.0 Å². The molecule has 1 aliphatic heterocycles. The third kappa shape index (κ3) is 3.03. The van der Waals surface area contributed by atoms with Gasteiger partial charge in [-0.3, -0.25) is 0 Å². The van der Waals surface area contributed by atoms with Gasteiger partial charge in [0.1, 0.15) is 27.4 Å². The second-order valence-electron chi connectivity index (χ2n) is 5.93. The van der Waals surface area contributed by atoms with Gasteiger partial charge in [0.2, 0.25) is 0 Å². The average molecular weight is 288 g/mol. The Morgan fingerprint density at radius 3 is 2.63 bits per heavy atom. The summed E-state index contributed by atoms with van der Waals surface area (Å²) in [5.74, 6) is -0.871. The van der Waals surface area contributed by atoms with Crippen LogP contribution in [0.25, 0.3) is 0 Å². The van der Waals surface area contributed by atoms with Crippen LogP contribution in [0.4, 0.5) is 8.78 Å². The SMILES string of the molecule is CC(C)(C)[SH+](=O)N1CCC[C@@H]1c1cc(F)ccc1F. The molecule has 2 nitrogen and oxygen atoms in total. The van der Waals surface area contributed by atoms with E-state index < -0.39 is 22.6 Å². The number of hydrogen-bond donors (Lipinski definition) is 0. The van der Waals surface area contributed by atoms with Gasteiger partial charge in [-0.1, -0.05) is 4.21 Å². The average Bonchev–Trinajstić information content (AvgIpc) is 2.78. The summed E-state index contributed by atoms with van der Waals surface area (Å²) in [4.78, 5) is 0. The van der Waals surface area contributed by atoms with Crippen LogP contribution in [0, 0.1) is 11.6 Å². The van der Waals surface area contributed by atoms with Crippen LogP contribution in [-0.4, -0.2) is 15.6 Å². The zero-order valence-corrected chi connectivity index (χ0v) is 12.4. The summed E-state index contributed by atoms with van der Waals surface area (Å²) in [5.41, 5.74) is 0.324. The molecule has 1 aromatic carbocycles. The smallest absolute Gasteiger partial charge is 0.150 e. The van der Waals surface area contributed by atoms with E-state index in [4.69, 9.17) is 0 Å². The zero-order valence-electron chi connectivity index (χ0n) is 11.5. The fourth-order valence-corrected chi connectivity index (χ4v) is 4.03. The first-order valence-electron chi connectivity index (χ1n) is 6.49. The van der Waals surface area contributed by atoms with Crippen LogP contribution in [0.3, 0.4) is 0 Å². The first-order valence-corrected chi connectivity index (χ1v) is 7.71. The molecule has 0 bridgehead atoms. The molecule has 0 amide bonds. The molecule has 0 aromatic heterocycles. The minimum absolute atomic E-state index is 0.279. The highest BCUT2D eigenvalue weighted by Gasteiger charge is 2.41. The third-order valence-corrected chi connectivity index (χ3v) is 5.44. The van der Waals surface area contributed by atoms with Gasteiger partial charge in [-0.2, -0.15) is 0 Å². The third-order valence-electron chi connectivity index (χ3n) is 3.35. The monoisotopic (exact) mass is 288 g/mol. The predicted octanol–water partition coefficient (Wildman–Crippen LogP) is 3.51. The molecular formula is C14H20F2NOS+. The molecule has 1 aliphatic rings. The van der Waals surface area contributed by atoms with Crippen molar-refractivity contribution < 1.29 is 13.0 Å². The van der Waals surface area contributed by atoms with Gasteiger partial charge in [-0.15, -0.1) is 4.31 Å². The van der Waals surface area contributed by atoms with E-state index in [1.807, 2.05) is 25.1 Å². The van der Waals surface area contributed by atoms with Crippen LogP contribution >= 0.6 is 0 Å². The van der Waals surface area contributed by atoms with E-state index >= 15 is 0 Å². The Morgan fingerprint density at radius 1 is 1.32 bits per heavy atom. The van der Waals surface area contributed by atoms with Crippen molar-refractivity contribution in [3.8, 4) is 0 Å². The Bertz CT molecular complexity index is 499. The van der Waals surface area contributed by atoms with Gasteiger partial charge >= 0.3 is 0 Å². The number of halogens is 2. The normalized spacial score (nSPS) is 22.7. The second kappa shape index (κ2) is 5.29. The lowest BCUT2D eigenvalue weighted by atomic mass is 10.0. The molecule has 1 heterocycles. The van der Waals surface area contributed by atoms with E-state index in [1.54, 1.807) is 0 Å². The molecule has 0 spiro atoms. The Kier molecular flexibility index (Phi) is 4.06. The van der Waals surface area contributed by atoms with E-state index in [0.29, 0.717) is 12.1 Å². The van der Waals surface area contributed by atoms with Crippen molar-refractivity contribution in [3.05, 3.63) is 35.4 Å². The fourth-order valence-electron chi connectivity index (χ4n) is 2.44. The number of nitrogens with zero attached hydrogens (tertiary/aromatic N) is 1. The van der Waals surface area contributed by atoms with Crippen molar-refractivity contribution in [2.75, 3.05) is 6.54 Å². The summed E-state index contributed by atoms with van der Waals surface area (Å²) in [6.07, 6.45) is 1.58. The number of thiol groups is 1. The van der Waals surface area contributed by atoms with Crippen LogP contribution in [0.15, 0.2) is 18.2 Å². The summed E-state index contributed by atoms with van der Waals surface area (Å²) in [7, 11) is -1.61. The van der Waals surface area contributed by atoms with Crippen molar-refractivity contribution in [2.24, 2.45) is 0 Å². The maximum absolute atomic E-state index is 13.9. The van der Waals surface area contributed by atoms with Crippen molar-refractivity contribution in [2.45, 2.75) is 44.4 Å². The van der Waals surface area contributed by atoms with Crippen LogP contribution < -0.4 is 0 Å². The molecule has 2 rings (SSSR count). The lowest BCUT2D eigenvalue weighted by Crippen LogP contribution is -2.36. The van der Waals surface area contributed by atoms with Gasteiger partial charge in [-0.25, -0.2) is 8.78 Å². The van der Waals surface area contributed by atoms with E-state index in [1.165, 1.54) is 6.07 Å². The van der Waals surface area contributed by atoms with E-state index in [9.17, 15) is 13.0 Å². The van der Waals surface area contributed by atoms with Gasteiger partial charge < -0.3 is 0 Å². The van der Waals surface area contributed by atoms with Crippen LogP contribution in [0.2, 0.25) is 0 Å². The van der Waals surface area contributed by atoms with Gasteiger partial charge in [0.05, 0.1) is 6.04 Å². The molecule has 0 N–H and O–H groups in total. The summed E-state index contributed by atoms with van der Waals surface area (Å²) in [6.45, 7) is 6.39. The number of hydrogen-bond acceptors (Lipinski definition) is 1. The molecule has 19 heavy (non-hydrogen) atoms. The first kappa shape index (κ1) is 14.6. The molecule has 1 saturated heterocycles. The minimum atomic E-state index is -1.61. The van der Waals surface area contributed by atoms with Gasteiger partial charge in [-0.05, 0) is 51.8 Å². The topological polar surface area (TPSA) is 20.3 Å². The maximum Gasteiger partial charge on any atom is 0.150 e.